The Morgan fingerprint density at radius 3 is 2.42 bits per heavy atom. The first-order valence-electron chi connectivity index (χ1n) is 5.12. The number of benzene rings is 1. The molecule has 0 radical (unpaired) electrons. The van der Waals surface area contributed by atoms with Crippen LogP contribution in [-0.4, -0.2) is 4.98 Å². The zero-order chi connectivity index (χ0) is 14.0. The lowest BCUT2D eigenvalue weighted by Crippen LogP contribution is -2.06. The monoisotopic (exact) mass is 288 g/mol. The van der Waals surface area contributed by atoms with E-state index >= 15 is 0 Å². The first kappa shape index (κ1) is 13.5. The van der Waals surface area contributed by atoms with E-state index in [9.17, 15) is 13.2 Å². The summed E-state index contributed by atoms with van der Waals surface area (Å²) < 4.78 is 42.6. The molecule has 0 amide bonds. The maximum Gasteiger partial charge on any atom is 0.416 e. The Morgan fingerprint density at radius 2 is 1.89 bits per heavy atom. The third kappa shape index (κ3) is 3.29. The molecule has 0 fully saturated rings. The normalized spacial score (nSPS) is 11.4. The van der Waals surface area contributed by atoms with Gasteiger partial charge >= 0.3 is 6.18 Å². The highest BCUT2D eigenvalue weighted by atomic mass is 35.5. The van der Waals surface area contributed by atoms with E-state index < -0.39 is 11.7 Å². The van der Waals surface area contributed by atoms with Crippen LogP contribution in [0.15, 0.2) is 36.5 Å². The van der Waals surface area contributed by atoms with Gasteiger partial charge in [-0.2, -0.15) is 13.2 Å². The quantitative estimate of drug-likeness (QED) is 0.845. The summed E-state index contributed by atoms with van der Waals surface area (Å²) in [4.78, 5) is 3.85. The standard InChI is InChI=1S/C12H8ClF3N2O/c13-8-2-4-11(18-6-8)19-10-3-1-7(5-9(10)17)12(14,15)16/h1-6H,17H2. The van der Waals surface area contributed by atoms with Crippen molar-refractivity contribution in [1.82, 2.24) is 4.98 Å². The second-order valence-electron chi connectivity index (χ2n) is 3.67. The minimum absolute atomic E-state index is 0.0998. The molecular weight excluding hydrogens is 281 g/mol. The Labute approximate surface area is 111 Å². The highest BCUT2D eigenvalue weighted by Gasteiger charge is 2.30. The van der Waals surface area contributed by atoms with Gasteiger partial charge in [-0.1, -0.05) is 11.6 Å². The van der Waals surface area contributed by atoms with Crippen LogP contribution in [0, 0.1) is 0 Å². The van der Waals surface area contributed by atoms with E-state index in [1.807, 2.05) is 0 Å². The van der Waals surface area contributed by atoms with Crippen LogP contribution in [0.3, 0.4) is 0 Å². The van der Waals surface area contributed by atoms with Crippen molar-refractivity contribution in [3.8, 4) is 11.6 Å². The number of ether oxygens (including phenoxy) is 1. The molecule has 19 heavy (non-hydrogen) atoms. The van der Waals surface area contributed by atoms with Crippen molar-refractivity contribution in [2.24, 2.45) is 0 Å². The van der Waals surface area contributed by atoms with Crippen molar-refractivity contribution < 1.29 is 17.9 Å². The van der Waals surface area contributed by atoms with Gasteiger partial charge in [-0.25, -0.2) is 4.98 Å². The van der Waals surface area contributed by atoms with Crippen molar-refractivity contribution >= 4 is 17.3 Å². The van der Waals surface area contributed by atoms with Crippen LogP contribution in [0.5, 0.6) is 11.6 Å². The lowest BCUT2D eigenvalue weighted by molar-refractivity contribution is -0.137. The van der Waals surface area contributed by atoms with E-state index in [0.29, 0.717) is 5.02 Å². The lowest BCUT2D eigenvalue weighted by atomic mass is 10.2. The third-order valence-corrected chi connectivity index (χ3v) is 2.48. The van der Waals surface area contributed by atoms with Crippen molar-refractivity contribution in [2.45, 2.75) is 6.18 Å². The number of nitrogens with two attached hydrogens (primary N) is 1. The zero-order valence-electron chi connectivity index (χ0n) is 9.41. The van der Waals surface area contributed by atoms with E-state index in [1.54, 1.807) is 6.07 Å². The molecule has 0 aliphatic rings. The summed E-state index contributed by atoms with van der Waals surface area (Å²) in [6.07, 6.45) is -3.08. The fourth-order valence-electron chi connectivity index (χ4n) is 1.35. The predicted molar refractivity (Wildman–Crippen MR) is 65.2 cm³/mol. The first-order chi connectivity index (χ1) is 8.86. The highest BCUT2D eigenvalue weighted by Crippen LogP contribution is 2.35. The Hall–Kier alpha value is -1.95. The average Bonchev–Trinajstić information content (AvgIpc) is 2.33. The molecule has 0 atom stereocenters. The Morgan fingerprint density at radius 1 is 1.16 bits per heavy atom. The molecule has 3 nitrogen and oxygen atoms in total. The molecule has 0 bridgehead atoms. The molecule has 0 unspecified atom stereocenters. The molecule has 1 aromatic carbocycles. The topological polar surface area (TPSA) is 48.1 Å². The zero-order valence-corrected chi connectivity index (χ0v) is 10.2. The van der Waals surface area contributed by atoms with E-state index in [4.69, 9.17) is 22.1 Å². The summed E-state index contributed by atoms with van der Waals surface area (Å²) >= 11 is 5.65. The van der Waals surface area contributed by atoms with Crippen LogP contribution >= 0.6 is 11.6 Å². The van der Waals surface area contributed by atoms with Gasteiger partial charge in [0.1, 0.15) is 0 Å². The lowest BCUT2D eigenvalue weighted by Gasteiger charge is -2.11. The highest BCUT2D eigenvalue weighted by molar-refractivity contribution is 6.30. The molecule has 0 spiro atoms. The number of nitrogens with zero attached hydrogens (tertiary/aromatic N) is 1. The Kier molecular flexibility index (Phi) is 3.53. The molecule has 2 rings (SSSR count). The Balaban J connectivity index is 2.24. The number of rotatable bonds is 2. The van der Waals surface area contributed by atoms with Crippen molar-refractivity contribution in [1.29, 1.82) is 0 Å². The summed E-state index contributed by atoms with van der Waals surface area (Å²) in [6, 6.07) is 5.88. The second-order valence-corrected chi connectivity index (χ2v) is 4.10. The molecule has 0 aliphatic carbocycles. The maximum atomic E-state index is 12.4. The fraction of sp³-hybridized carbons (Fsp3) is 0.0833. The summed E-state index contributed by atoms with van der Waals surface area (Å²) in [5.74, 6) is 0.290. The summed E-state index contributed by atoms with van der Waals surface area (Å²) in [6.45, 7) is 0. The van der Waals surface area contributed by atoms with Gasteiger partial charge in [0.05, 0.1) is 16.3 Å². The molecular formula is C12H8ClF3N2O. The van der Waals surface area contributed by atoms with E-state index in [-0.39, 0.29) is 17.3 Å². The molecule has 0 aliphatic heterocycles. The van der Waals surface area contributed by atoms with Gasteiger partial charge in [0.15, 0.2) is 5.75 Å². The largest absolute Gasteiger partial charge is 0.437 e. The molecule has 0 saturated carbocycles. The van der Waals surface area contributed by atoms with Crippen LogP contribution in [0.4, 0.5) is 18.9 Å². The molecule has 7 heteroatoms. The number of anilines is 1. The predicted octanol–water partition coefficient (Wildman–Crippen LogP) is 4.13. The molecule has 2 aromatic rings. The summed E-state index contributed by atoms with van der Waals surface area (Å²) in [5, 5.41) is 0.424. The number of pyridine rings is 1. The van der Waals surface area contributed by atoms with Gasteiger partial charge in [-0.3, -0.25) is 0 Å². The van der Waals surface area contributed by atoms with Gasteiger partial charge in [0, 0.05) is 12.3 Å². The van der Waals surface area contributed by atoms with Crippen molar-refractivity contribution in [3.05, 3.63) is 47.1 Å². The summed E-state index contributed by atoms with van der Waals surface area (Å²) in [5.41, 5.74) is 4.57. The second kappa shape index (κ2) is 4.97. The van der Waals surface area contributed by atoms with Crippen LogP contribution < -0.4 is 10.5 Å². The average molecular weight is 289 g/mol. The molecule has 2 N–H and O–H groups in total. The molecule has 1 aromatic heterocycles. The number of halogens is 4. The van der Waals surface area contributed by atoms with E-state index in [1.165, 1.54) is 12.3 Å². The van der Waals surface area contributed by atoms with Gasteiger partial charge in [-0.05, 0) is 24.3 Å². The van der Waals surface area contributed by atoms with Crippen LogP contribution in [0.1, 0.15) is 5.56 Å². The van der Waals surface area contributed by atoms with Gasteiger partial charge in [0.2, 0.25) is 5.88 Å². The van der Waals surface area contributed by atoms with E-state index in [0.717, 1.165) is 18.2 Å². The smallest absolute Gasteiger partial charge is 0.416 e. The maximum absolute atomic E-state index is 12.4. The molecule has 0 saturated heterocycles. The third-order valence-electron chi connectivity index (χ3n) is 2.25. The number of nitrogen functional groups attached to an aromatic ring is 1. The number of alkyl halides is 3. The number of hydrogen-bond donors (Lipinski definition) is 1. The first-order valence-corrected chi connectivity index (χ1v) is 5.50. The van der Waals surface area contributed by atoms with Gasteiger partial charge in [-0.15, -0.1) is 0 Å². The van der Waals surface area contributed by atoms with Crippen LogP contribution in [0.25, 0.3) is 0 Å². The van der Waals surface area contributed by atoms with Gasteiger partial charge in [0.25, 0.3) is 0 Å². The molecule has 100 valence electrons. The minimum atomic E-state index is -4.44. The van der Waals surface area contributed by atoms with E-state index in [2.05, 4.69) is 4.98 Å². The Bertz CT molecular complexity index is 585. The number of hydrogen-bond acceptors (Lipinski definition) is 3. The minimum Gasteiger partial charge on any atom is -0.437 e. The fourth-order valence-corrected chi connectivity index (χ4v) is 1.46. The summed E-state index contributed by atoms with van der Waals surface area (Å²) in [7, 11) is 0. The van der Waals surface area contributed by atoms with Crippen molar-refractivity contribution in [2.75, 3.05) is 5.73 Å². The molecule has 1 heterocycles. The van der Waals surface area contributed by atoms with Crippen LogP contribution in [0.2, 0.25) is 5.02 Å². The van der Waals surface area contributed by atoms with Gasteiger partial charge < -0.3 is 10.5 Å². The number of aromatic nitrogens is 1. The SMILES string of the molecule is Nc1cc(C(F)(F)F)ccc1Oc1ccc(Cl)cn1. The van der Waals surface area contributed by atoms with Crippen molar-refractivity contribution in [3.63, 3.8) is 0 Å². The van der Waals surface area contributed by atoms with Crippen LogP contribution in [-0.2, 0) is 6.18 Å².